The minimum absolute atomic E-state index is 0.183. The van der Waals surface area contributed by atoms with Crippen LogP contribution >= 0.6 is 0 Å². The maximum Gasteiger partial charge on any atom is 0.165 e. The van der Waals surface area contributed by atoms with E-state index in [0.29, 0.717) is 18.3 Å². The lowest BCUT2D eigenvalue weighted by Crippen LogP contribution is -2.41. The lowest BCUT2D eigenvalue weighted by atomic mass is 9.86. The number of nitrogen functional groups attached to an aromatic ring is 1. The van der Waals surface area contributed by atoms with E-state index in [-0.39, 0.29) is 5.41 Å². The summed E-state index contributed by atoms with van der Waals surface area (Å²) >= 11 is 0. The number of fused-ring (bicyclic) bond motifs is 1. The fraction of sp³-hybridized carbons (Fsp3) is 0.500. The van der Waals surface area contributed by atoms with E-state index in [1.165, 1.54) is 0 Å². The van der Waals surface area contributed by atoms with Crippen molar-refractivity contribution in [3.05, 3.63) is 18.2 Å². The van der Waals surface area contributed by atoms with Gasteiger partial charge < -0.3 is 15.8 Å². The first-order valence-corrected chi connectivity index (χ1v) is 5.26. The molecule has 0 fully saturated rings. The van der Waals surface area contributed by atoms with Crippen LogP contribution in [0.3, 0.4) is 0 Å². The van der Waals surface area contributed by atoms with Gasteiger partial charge in [-0.05, 0) is 17.5 Å². The lowest BCUT2D eigenvalue weighted by molar-refractivity contribution is 0.208. The number of nitrogens with two attached hydrogens (primary N) is 1. The van der Waals surface area contributed by atoms with Crippen LogP contribution in [0.5, 0.6) is 5.75 Å². The molecule has 0 bridgehead atoms. The zero-order valence-corrected chi connectivity index (χ0v) is 9.50. The maximum atomic E-state index is 5.83. The fourth-order valence-corrected chi connectivity index (χ4v) is 1.69. The Morgan fingerprint density at radius 3 is 2.80 bits per heavy atom. The van der Waals surface area contributed by atoms with Gasteiger partial charge in [0.1, 0.15) is 6.61 Å². The van der Waals surface area contributed by atoms with E-state index in [0.717, 1.165) is 11.4 Å². The van der Waals surface area contributed by atoms with Crippen molar-refractivity contribution in [3.8, 4) is 5.75 Å². The average molecular weight is 206 g/mol. The van der Waals surface area contributed by atoms with Gasteiger partial charge in [-0.3, -0.25) is 0 Å². The molecular weight excluding hydrogens is 188 g/mol. The van der Waals surface area contributed by atoms with Crippen molar-refractivity contribution >= 4 is 11.4 Å². The fourth-order valence-electron chi connectivity index (χ4n) is 1.69. The zero-order valence-electron chi connectivity index (χ0n) is 9.50. The van der Waals surface area contributed by atoms with Gasteiger partial charge in [-0.15, -0.1) is 0 Å². The summed E-state index contributed by atoms with van der Waals surface area (Å²) in [5, 5.41) is 3.47. The highest BCUT2D eigenvalue weighted by atomic mass is 16.5. The van der Waals surface area contributed by atoms with Crippen LogP contribution in [0.4, 0.5) is 11.4 Å². The van der Waals surface area contributed by atoms with Crippen molar-refractivity contribution in [2.24, 2.45) is 5.41 Å². The summed E-state index contributed by atoms with van der Waals surface area (Å²) in [6.07, 6.45) is 0. The molecule has 1 heterocycles. The van der Waals surface area contributed by atoms with Crippen LogP contribution in [0.25, 0.3) is 0 Å². The Morgan fingerprint density at radius 1 is 1.40 bits per heavy atom. The first kappa shape index (κ1) is 10.1. The molecule has 0 amide bonds. The van der Waals surface area contributed by atoms with Gasteiger partial charge in [-0.2, -0.15) is 0 Å². The van der Waals surface area contributed by atoms with Gasteiger partial charge in [0.15, 0.2) is 5.75 Å². The predicted octanol–water partition coefficient (Wildman–Crippen LogP) is 2.49. The van der Waals surface area contributed by atoms with E-state index in [4.69, 9.17) is 10.5 Å². The number of ether oxygens (including phenoxy) is 1. The van der Waals surface area contributed by atoms with Crippen LogP contribution in [0, 0.1) is 5.41 Å². The molecule has 3 nitrogen and oxygen atoms in total. The minimum Gasteiger partial charge on any atom is -0.487 e. The number of hydrogen-bond acceptors (Lipinski definition) is 3. The molecule has 0 saturated heterocycles. The molecule has 3 heteroatoms. The molecule has 1 atom stereocenters. The van der Waals surface area contributed by atoms with Gasteiger partial charge >= 0.3 is 0 Å². The SMILES string of the molecule is CC(C)(C)C1COc2c(N)cccc2N1. The summed E-state index contributed by atoms with van der Waals surface area (Å²) in [4.78, 5) is 0. The number of hydrogen-bond donors (Lipinski definition) is 2. The van der Waals surface area contributed by atoms with E-state index < -0.39 is 0 Å². The molecule has 2 rings (SSSR count). The summed E-state index contributed by atoms with van der Waals surface area (Å²) in [6, 6.07) is 6.13. The van der Waals surface area contributed by atoms with Crippen molar-refractivity contribution in [3.63, 3.8) is 0 Å². The Labute approximate surface area is 90.6 Å². The molecule has 0 radical (unpaired) electrons. The second kappa shape index (κ2) is 3.33. The van der Waals surface area contributed by atoms with Crippen LogP contribution in [0.1, 0.15) is 20.8 Å². The topological polar surface area (TPSA) is 47.3 Å². The van der Waals surface area contributed by atoms with E-state index in [9.17, 15) is 0 Å². The molecule has 0 aliphatic carbocycles. The molecular formula is C12H18N2O. The molecule has 3 N–H and O–H groups in total. The number of rotatable bonds is 0. The summed E-state index contributed by atoms with van der Waals surface area (Å²) in [7, 11) is 0. The minimum atomic E-state index is 0.183. The van der Waals surface area contributed by atoms with Crippen LogP contribution < -0.4 is 15.8 Å². The number of para-hydroxylation sites is 1. The smallest absolute Gasteiger partial charge is 0.165 e. The highest BCUT2D eigenvalue weighted by Crippen LogP contribution is 2.37. The van der Waals surface area contributed by atoms with Gasteiger partial charge in [0, 0.05) is 0 Å². The van der Waals surface area contributed by atoms with Crippen molar-refractivity contribution in [1.29, 1.82) is 0 Å². The summed E-state index contributed by atoms with van der Waals surface area (Å²) in [5.41, 5.74) is 7.72. The first-order chi connectivity index (χ1) is 6.98. The molecule has 0 aromatic heterocycles. The van der Waals surface area contributed by atoms with E-state index in [1.54, 1.807) is 0 Å². The number of benzene rings is 1. The van der Waals surface area contributed by atoms with Crippen LogP contribution in [-0.4, -0.2) is 12.6 Å². The normalized spacial score (nSPS) is 20.1. The number of anilines is 2. The van der Waals surface area contributed by atoms with Crippen molar-refractivity contribution in [1.82, 2.24) is 0 Å². The van der Waals surface area contributed by atoms with Crippen molar-refractivity contribution in [2.45, 2.75) is 26.8 Å². The predicted molar refractivity (Wildman–Crippen MR) is 63.2 cm³/mol. The summed E-state index contributed by atoms with van der Waals surface area (Å²) in [5.74, 6) is 0.790. The quantitative estimate of drug-likeness (QED) is 0.641. The standard InChI is InChI=1S/C12H18N2O/c1-12(2,3)10-7-15-11-8(13)5-4-6-9(11)14-10/h4-6,10,14H,7,13H2,1-3H3. The molecule has 1 aliphatic heterocycles. The van der Waals surface area contributed by atoms with E-state index >= 15 is 0 Å². The monoisotopic (exact) mass is 206 g/mol. The van der Waals surface area contributed by atoms with Crippen molar-refractivity contribution < 1.29 is 4.74 Å². The summed E-state index contributed by atoms with van der Waals surface area (Å²) < 4.78 is 5.71. The average Bonchev–Trinajstić information content (AvgIpc) is 2.16. The Hall–Kier alpha value is -1.38. The second-order valence-corrected chi connectivity index (χ2v) is 5.10. The van der Waals surface area contributed by atoms with E-state index in [1.807, 2.05) is 18.2 Å². The first-order valence-electron chi connectivity index (χ1n) is 5.26. The van der Waals surface area contributed by atoms with Gasteiger partial charge in [0.25, 0.3) is 0 Å². The van der Waals surface area contributed by atoms with Gasteiger partial charge in [0.2, 0.25) is 0 Å². The van der Waals surface area contributed by atoms with Gasteiger partial charge in [-0.1, -0.05) is 26.8 Å². The third kappa shape index (κ3) is 1.87. The Bertz CT molecular complexity index is 368. The van der Waals surface area contributed by atoms with Gasteiger partial charge in [0.05, 0.1) is 17.4 Å². The highest BCUT2D eigenvalue weighted by Gasteiger charge is 2.29. The lowest BCUT2D eigenvalue weighted by Gasteiger charge is -2.36. The second-order valence-electron chi connectivity index (χ2n) is 5.10. The maximum absolute atomic E-state index is 5.83. The third-order valence-electron chi connectivity index (χ3n) is 2.81. The molecule has 1 unspecified atom stereocenters. The highest BCUT2D eigenvalue weighted by molar-refractivity contribution is 5.70. The molecule has 15 heavy (non-hydrogen) atoms. The molecule has 1 aromatic carbocycles. The molecule has 1 aliphatic rings. The third-order valence-corrected chi connectivity index (χ3v) is 2.81. The molecule has 1 aromatic rings. The zero-order chi connectivity index (χ0) is 11.1. The Morgan fingerprint density at radius 2 is 2.13 bits per heavy atom. The summed E-state index contributed by atoms with van der Waals surface area (Å²) in [6.45, 7) is 7.27. The van der Waals surface area contributed by atoms with Crippen LogP contribution in [0.15, 0.2) is 18.2 Å². The van der Waals surface area contributed by atoms with Crippen molar-refractivity contribution in [2.75, 3.05) is 17.7 Å². The Kier molecular flexibility index (Phi) is 2.25. The van der Waals surface area contributed by atoms with Gasteiger partial charge in [-0.25, -0.2) is 0 Å². The molecule has 82 valence electrons. The molecule has 0 saturated carbocycles. The molecule has 0 spiro atoms. The van der Waals surface area contributed by atoms with Crippen LogP contribution in [0.2, 0.25) is 0 Å². The Balaban J connectivity index is 2.28. The van der Waals surface area contributed by atoms with Crippen LogP contribution in [-0.2, 0) is 0 Å². The van der Waals surface area contributed by atoms with E-state index in [2.05, 4.69) is 26.1 Å². The number of nitrogens with one attached hydrogen (secondary N) is 1. The largest absolute Gasteiger partial charge is 0.487 e.